The molecule has 0 saturated heterocycles. The van der Waals surface area contributed by atoms with Crippen LogP contribution in [-0.2, 0) is 10.8 Å². The molecule has 2 aliphatic carbocycles. The molecule has 262 valence electrons. The smallest absolute Gasteiger partial charge is 0.0541 e. The first-order valence-electron chi connectivity index (χ1n) is 19.5. The van der Waals surface area contributed by atoms with E-state index in [2.05, 4.69) is 208 Å². The van der Waals surface area contributed by atoms with Gasteiger partial charge < -0.3 is 4.57 Å². The monoisotopic (exact) mass is 703 g/mol. The van der Waals surface area contributed by atoms with Gasteiger partial charge in [0.25, 0.3) is 0 Å². The van der Waals surface area contributed by atoms with Gasteiger partial charge >= 0.3 is 0 Å². The van der Waals surface area contributed by atoms with E-state index in [-0.39, 0.29) is 10.8 Å². The van der Waals surface area contributed by atoms with Crippen molar-refractivity contribution in [2.75, 3.05) is 0 Å². The minimum atomic E-state index is -0.168. The summed E-state index contributed by atoms with van der Waals surface area (Å²) in [5.41, 5.74) is 19.5. The van der Waals surface area contributed by atoms with Gasteiger partial charge in [0.1, 0.15) is 0 Å². The minimum absolute atomic E-state index is 0.0502. The summed E-state index contributed by atoms with van der Waals surface area (Å²) < 4.78 is 2.39. The van der Waals surface area contributed by atoms with Crippen LogP contribution in [0.2, 0.25) is 0 Å². The lowest BCUT2D eigenvalue weighted by Gasteiger charge is -2.24. The second kappa shape index (κ2) is 11.5. The van der Waals surface area contributed by atoms with E-state index in [1.54, 1.807) is 0 Å². The predicted octanol–water partition coefficient (Wildman–Crippen LogP) is 14.1. The van der Waals surface area contributed by atoms with Crippen LogP contribution in [-0.4, -0.2) is 4.57 Å². The van der Waals surface area contributed by atoms with Crippen molar-refractivity contribution in [1.29, 1.82) is 0 Å². The first-order chi connectivity index (χ1) is 26.8. The highest BCUT2D eigenvalue weighted by molar-refractivity contribution is 6.12. The Balaban J connectivity index is 1.14. The number of hydrogen-bond donors (Lipinski definition) is 0. The second-order valence-corrected chi connectivity index (χ2v) is 16.5. The van der Waals surface area contributed by atoms with Gasteiger partial charge in [0.05, 0.1) is 11.0 Å². The van der Waals surface area contributed by atoms with Gasteiger partial charge in [-0.25, -0.2) is 0 Å². The lowest BCUT2D eigenvalue weighted by Crippen LogP contribution is -2.17. The molecule has 0 N–H and O–H groups in total. The van der Waals surface area contributed by atoms with Gasteiger partial charge in [0.15, 0.2) is 0 Å². The molecule has 1 heterocycles. The van der Waals surface area contributed by atoms with Gasteiger partial charge in [-0.1, -0.05) is 149 Å². The molecule has 1 heteroatoms. The third-order valence-electron chi connectivity index (χ3n) is 12.8. The zero-order valence-corrected chi connectivity index (χ0v) is 31.7. The fraction of sp³-hybridized carbons (Fsp3) is 0.111. The molecule has 0 spiro atoms. The summed E-state index contributed by atoms with van der Waals surface area (Å²) in [5, 5.41) is 5.12. The molecule has 55 heavy (non-hydrogen) atoms. The summed E-state index contributed by atoms with van der Waals surface area (Å²) in [6.45, 7) is 9.62. The number of para-hydroxylation sites is 2. The number of benzene rings is 8. The summed E-state index contributed by atoms with van der Waals surface area (Å²) in [7, 11) is 0. The normalized spacial score (nSPS) is 14.9. The number of aromatic nitrogens is 1. The fourth-order valence-electron chi connectivity index (χ4n) is 10.0. The third-order valence-corrected chi connectivity index (χ3v) is 12.8. The molecule has 0 aliphatic heterocycles. The minimum Gasteiger partial charge on any atom is -0.309 e. The second-order valence-electron chi connectivity index (χ2n) is 16.5. The van der Waals surface area contributed by atoms with E-state index in [9.17, 15) is 0 Å². The van der Waals surface area contributed by atoms with E-state index in [4.69, 9.17) is 0 Å². The van der Waals surface area contributed by atoms with Gasteiger partial charge in [-0.3, -0.25) is 0 Å². The van der Waals surface area contributed by atoms with E-state index in [0.717, 1.165) is 0 Å². The number of nitrogens with zero attached hydrogens (tertiary/aromatic N) is 1. The molecule has 0 saturated carbocycles. The molecule has 0 unspecified atom stereocenters. The number of rotatable bonds is 4. The standard InChI is InChI=1S/C54H41N/c1-53(2)46-25-15-13-22-39(46)43-32-48-45(33-47(43)53)52-41-24-12-11-21-38(41)36(31-49(52)54(48,3)4)30-42(34-17-7-5-8-18-34)35-27-28-51-44(29-35)40-23-14-16-26-50(40)55(51)37-19-9-6-10-20-37/h5-33H,1-4H3. The van der Waals surface area contributed by atoms with Gasteiger partial charge in [-0.05, 0) is 132 Å². The largest absolute Gasteiger partial charge is 0.309 e. The van der Waals surface area contributed by atoms with Crippen LogP contribution >= 0.6 is 0 Å². The van der Waals surface area contributed by atoms with Crippen molar-refractivity contribution >= 4 is 44.2 Å². The Kier molecular flexibility index (Phi) is 6.72. The molecule has 1 aromatic heterocycles. The van der Waals surface area contributed by atoms with Crippen LogP contribution in [0.3, 0.4) is 0 Å². The molecule has 0 atom stereocenters. The Morgan fingerprint density at radius 1 is 0.418 bits per heavy atom. The molecule has 0 amide bonds. The van der Waals surface area contributed by atoms with Crippen molar-refractivity contribution in [3.63, 3.8) is 0 Å². The highest BCUT2D eigenvalue weighted by Crippen LogP contribution is 2.57. The molecule has 0 fully saturated rings. The maximum Gasteiger partial charge on any atom is 0.0541 e. The van der Waals surface area contributed by atoms with Gasteiger partial charge in [0, 0.05) is 27.3 Å². The van der Waals surface area contributed by atoms with Crippen LogP contribution in [0.5, 0.6) is 0 Å². The van der Waals surface area contributed by atoms with Crippen molar-refractivity contribution in [2.45, 2.75) is 38.5 Å². The van der Waals surface area contributed by atoms with E-state index in [0.29, 0.717) is 0 Å². The van der Waals surface area contributed by atoms with Gasteiger partial charge in [-0.2, -0.15) is 0 Å². The summed E-state index contributed by atoms with van der Waals surface area (Å²) in [6.07, 6.45) is 2.45. The van der Waals surface area contributed by atoms with Crippen molar-refractivity contribution < 1.29 is 0 Å². The molecular formula is C54H41N. The van der Waals surface area contributed by atoms with E-state index in [1.807, 2.05) is 0 Å². The van der Waals surface area contributed by atoms with Crippen molar-refractivity contribution in [3.8, 4) is 27.9 Å². The van der Waals surface area contributed by atoms with Crippen LogP contribution in [0.15, 0.2) is 170 Å². The highest BCUT2D eigenvalue weighted by Gasteiger charge is 2.42. The Morgan fingerprint density at radius 2 is 1.02 bits per heavy atom. The molecule has 0 radical (unpaired) electrons. The molecule has 2 aliphatic rings. The summed E-state index contributed by atoms with van der Waals surface area (Å²) in [6, 6.07) is 63.1. The van der Waals surface area contributed by atoms with E-state index < -0.39 is 0 Å². The molecule has 1 nitrogen and oxygen atoms in total. The average molecular weight is 704 g/mol. The van der Waals surface area contributed by atoms with Crippen molar-refractivity contribution in [3.05, 3.63) is 209 Å². The van der Waals surface area contributed by atoms with Crippen LogP contribution in [0.25, 0.3) is 72.2 Å². The van der Waals surface area contributed by atoms with Crippen LogP contribution in [0, 0.1) is 0 Å². The Bertz CT molecular complexity index is 3060. The van der Waals surface area contributed by atoms with Crippen LogP contribution < -0.4 is 0 Å². The fourth-order valence-corrected chi connectivity index (χ4v) is 10.0. The zero-order valence-electron chi connectivity index (χ0n) is 31.7. The van der Waals surface area contributed by atoms with E-state index >= 15 is 0 Å². The van der Waals surface area contributed by atoms with E-state index in [1.165, 1.54) is 105 Å². The molecule has 11 rings (SSSR count). The van der Waals surface area contributed by atoms with Crippen molar-refractivity contribution in [1.82, 2.24) is 4.57 Å². The van der Waals surface area contributed by atoms with Crippen LogP contribution in [0.1, 0.15) is 66.6 Å². The lowest BCUT2D eigenvalue weighted by atomic mass is 9.79. The topological polar surface area (TPSA) is 4.93 Å². The lowest BCUT2D eigenvalue weighted by molar-refractivity contribution is 0.652. The maximum atomic E-state index is 2.54. The number of hydrogen-bond acceptors (Lipinski definition) is 0. The summed E-state index contributed by atoms with van der Waals surface area (Å²) in [4.78, 5) is 0. The SMILES string of the molecule is CC1(C)c2ccccc2-c2cc3c(cc21)-c1c(cc(C=C(c2ccccc2)c2ccc4c(c2)c2ccccc2n4-c2ccccc2)c2ccccc12)C3(C)C. The summed E-state index contributed by atoms with van der Waals surface area (Å²) >= 11 is 0. The Labute approximate surface area is 322 Å². The first-order valence-corrected chi connectivity index (χ1v) is 19.5. The zero-order chi connectivity index (χ0) is 37.1. The molecule has 9 aromatic rings. The maximum absolute atomic E-state index is 2.54. The summed E-state index contributed by atoms with van der Waals surface area (Å²) in [5.74, 6) is 0. The predicted molar refractivity (Wildman–Crippen MR) is 233 cm³/mol. The van der Waals surface area contributed by atoms with Crippen LogP contribution in [0.4, 0.5) is 0 Å². The Morgan fingerprint density at radius 3 is 1.82 bits per heavy atom. The quantitative estimate of drug-likeness (QED) is 0.161. The third kappa shape index (κ3) is 4.53. The average Bonchev–Trinajstić information content (AvgIpc) is 3.76. The van der Waals surface area contributed by atoms with Gasteiger partial charge in [0.2, 0.25) is 0 Å². The Hall–Kier alpha value is -6.44. The highest BCUT2D eigenvalue weighted by atomic mass is 15.0. The number of fused-ring (bicyclic) bond motifs is 11. The molecule has 8 aromatic carbocycles. The molecule has 0 bridgehead atoms. The first kappa shape index (κ1) is 32.0. The van der Waals surface area contributed by atoms with Crippen molar-refractivity contribution in [2.24, 2.45) is 0 Å². The van der Waals surface area contributed by atoms with Gasteiger partial charge in [-0.15, -0.1) is 0 Å². The molecular weight excluding hydrogens is 663 g/mol.